The average Bonchev–Trinajstić information content (AvgIpc) is 2.48. The maximum atomic E-state index is 11.8. The lowest BCUT2D eigenvalue weighted by atomic mass is 9.59. The van der Waals surface area contributed by atoms with Gasteiger partial charge < -0.3 is 4.74 Å². The number of hydrogen-bond donors (Lipinski definition) is 0. The van der Waals surface area contributed by atoms with Crippen molar-refractivity contribution >= 4 is 17.4 Å². The molecule has 0 unspecified atom stereocenters. The minimum atomic E-state index is -0.685. The second kappa shape index (κ2) is 5.34. The standard InChI is InChI=1S/C17H19ClO2/c1-17(18)15-9-13(7-8-14(15)16(17)19)11-20-10-12-5-3-2-4-6-12/h2-6,9,14-15H,7-8,10-11H2,1H3/t14-,15+,17-/m0/s1. The molecule has 3 heteroatoms. The van der Waals surface area contributed by atoms with E-state index in [1.54, 1.807) is 0 Å². The van der Waals surface area contributed by atoms with Crippen molar-refractivity contribution in [3.63, 3.8) is 0 Å². The highest BCUT2D eigenvalue weighted by molar-refractivity contribution is 6.38. The first-order valence-corrected chi connectivity index (χ1v) is 7.51. The topological polar surface area (TPSA) is 26.3 Å². The summed E-state index contributed by atoms with van der Waals surface area (Å²) >= 11 is 6.29. The van der Waals surface area contributed by atoms with Gasteiger partial charge in [0.15, 0.2) is 5.78 Å². The minimum absolute atomic E-state index is 0.148. The van der Waals surface area contributed by atoms with E-state index in [0.29, 0.717) is 13.2 Å². The fraction of sp³-hybridized carbons (Fsp3) is 0.471. The second-order valence-corrected chi connectivity index (χ2v) is 6.70. The first-order chi connectivity index (χ1) is 9.59. The van der Waals surface area contributed by atoms with Crippen LogP contribution in [0.25, 0.3) is 0 Å². The van der Waals surface area contributed by atoms with Crippen LogP contribution in [0, 0.1) is 11.8 Å². The number of halogens is 1. The monoisotopic (exact) mass is 290 g/mol. The van der Waals surface area contributed by atoms with Crippen LogP contribution in [0.15, 0.2) is 42.0 Å². The van der Waals surface area contributed by atoms with Crippen molar-refractivity contribution in [1.82, 2.24) is 0 Å². The van der Waals surface area contributed by atoms with E-state index in [9.17, 15) is 4.79 Å². The Labute approximate surface area is 124 Å². The number of fused-ring (bicyclic) bond motifs is 1. The summed E-state index contributed by atoms with van der Waals surface area (Å²) in [7, 11) is 0. The van der Waals surface area contributed by atoms with E-state index in [2.05, 4.69) is 18.2 Å². The van der Waals surface area contributed by atoms with Gasteiger partial charge in [0, 0.05) is 11.8 Å². The summed E-state index contributed by atoms with van der Waals surface area (Å²) < 4.78 is 5.77. The average molecular weight is 291 g/mol. The number of hydrogen-bond acceptors (Lipinski definition) is 2. The van der Waals surface area contributed by atoms with Gasteiger partial charge in [0.2, 0.25) is 0 Å². The Hall–Kier alpha value is -1.12. The molecule has 3 atom stereocenters. The van der Waals surface area contributed by atoms with Crippen molar-refractivity contribution in [2.24, 2.45) is 11.8 Å². The summed E-state index contributed by atoms with van der Waals surface area (Å²) in [6.45, 7) is 3.10. The number of alkyl halides is 1. The Morgan fingerprint density at radius 3 is 2.80 bits per heavy atom. The molecular weight excluding hydrogens is 272 g/mol. The Morgan fingerprint density at radius 1 is 1.30 bits per heavy atom. The molecule has 1 saturated carbocycles. The number of carbonyl (C=O) groups is 1. The summed E-state index contributed by atoms with van der Waals surface area (Å²) in [6, 6.07) is 10.2. The van der Waals surface area contributed by atoms with Crippen LogP contribution in [0.3, 0.4) is 0 Å². The van der Waals surface area contributed by atoms with Gasteiger partial charge in [0.1, 0.15) is 4.87 Å². The Bertz CT molecular complexity index is 533. The van der Waals surface area contributed by atoms with Gasteiger partial charge in [-0.05, 0) is 30.9 Å². The van der Waals surface area contributed by atoms with E-state index in [-0.39, 0.29) is 17.6 Å². The lowest BCUT2D eigenvalue weighted by Crippen LogP contribution is -2.58. The van der Waals surface area contributed by atoms with Crippen molar-refractivity contribution in [3.8, 4) is 0 Å². The molecule has 1 fully saturated rings. The molecule has 0 aliphatic heterocycles. The van der Waals surface area contributed by atoms with Crippen LogP contribution < -0.4 is 0 Å². The van der Waals surface area contributed by atoms with Crippen molar-refractivity contribution in [3.05, 3.63) is 47.5 Å². The van der Waals surface area contributed by atoms with Gasteiger partial charge in [-0.3, -0.25) is 4.79 Å². The van der Waals surface area contributed by atoms with Crippen LogP contribution in [0.1, 0.15) is 25.3 Å². The molecular formula is C17H19ClO2. The molecule has 0 bridgehead atoms. The Balaban J connectivity index is 1.55. The Morgan fingerprint density at radius 2 is 2.05 bits per heavy atom. The second-order valence-electron chi connectivity index (χ2n) is 5.91. The summed E-state index contributed by atoms with van der Waals surface area (Å²) in [5.74, 6) is 0.556. The van der Waals surface area contributed by atoms with E-state index in [1.165, 1.54) is 11.1 Å². The molecule has 3 rings (SSSR count). The predicted octanol–water partition coefficient (Wildman–Crippen LogP) is 3.74. The van der Waals surface area contributed by atoms with Crippen molar-refractivity contribution in [2.75, 3.05) is 6.61 Å². The quantitative estimate of drug-likeness (QED) is 0.624. The number of ketones is 1. The molecule has 20 heavy (non-hydrogen) atoms. The predicted molar refractivity (Wildman–Crippen MR) is 79.7 cm³/mol. The lowest BCUT2D eigenvalue weighted by Gasteiger charge is -2.48. The number of ether oxygens (including phenoxy) is 1. The van der Waals surface area contributed by atoms with Gasteiger partial charge in [0.05, 0.1) is 13.2 Å². The maximum absolute atomic E-state index is 11.8. The van der Waals surface area contributed by atoms with Gasteiger partial charge in [-0.15, -0.1) is 11.6 Å². The molecule has 2 nitrogen and oxygen atoms in total. The fourth-order valence-corrected chi connectivity index (χ4v) is 3.58. The van der Waals surface area contributed by atoms with Gasteiger partial charge in [-0.2, -0.15) is 0 Å². The van der Waals surface area contributed by atoms with Crippen LogP contribution in [0.4, 0.5) is 0 Å². The highest BCUT2D eigenvalue weighted by atomic mass is 35.5. The zero-order valence-corrected chi connectivity index (χ0v) is 12.4. The van der Waals surface area contributed by atoms with Crippen molar-refractivity contribution < 1.29 is 9.53 Å². The third-order valence-corrected chi connectivity index (χ3v) is 4.91. The molecule has 0 aromatic heterocycles. The van der Waals surface area contributed by atoms with Crippen LogP contribution in [-0.2, 0) is 16.1 Å². The summed E-state index contributed by atoms with van der Waals surface area (Å²) in [4.78, 5) is 11.1. The number of allylic oxidation sites excluding steroid dienone is 1. The summed E-state index contributed by atoms with van der Waals surface area (Å²) in [5, 5.41) is 0. The zero-order chi connectivity index (χ0) is 14.2. The summed E-state index contributed by atoms with van der Waals surface area (Å²) in [6.07, 6.45) is 4.05. The lowest BCUT2D eigenvalue weighted by molar-refractivity contribution is -0.137. The number of carbonyl (C=O) groups excluding carboxylic acids is 1. The van der Waals surface area contributed by atoms with Crippen LogP contribution in [0.5, 0.6) is 0 Å². The fourth-order valence-electron chi connectivity index (χ4n) is 3.23. The SMILES string of the molecule is C[C@@]1(Cl)C(=O)[C@H]2CCC(COCc3ccccc3)=C[C@H]21. The van der Waals surface area contributed by atoms with Gasteiger partial charge in [0.25, 0.3) is 0 Å². The minimum Gasteiger partial charge on any atom is -0.372 e. The number of Topliss-reactive ketones (excluding diaryl/α,β-unsaturated/α-hetero) is 1. The third kappa shape index (κ3) is 2.43. The molecule has 0 N–H and O–H groups in total. The maximum Gasteiger partial charge on any atom is 0.157 e. The van der Waals surface area contributed by atoms with Crippen LogP contribution in [-0.4, -0.2) is 17.3 Å². The van der Waals surface area contributed by atoms with Gasteiger partial charge in [-0.25, -0.2) is 0 Å². The number of rotatable bonds is 4. The van der Waals surface area contributed by atoms with E-state index in [0.717, 1.165) is 12.8 Å². The highest BCUT2D eigenvalue weighted by Crippen LogP contribution is 2.51. The third-order valence-electron chi connectivity index (χ3n) is 4.47. The molecule has 0 amide bonds. The van der Waals surface area contributed by atoms with Crippen molar-refractivity contribution in [1.29, 1.82) is 0 Å². The number of benzene rings is 1. The first-order valence-electron chi connectivity index (χ1n) is 7.13. The highest BCUT2D eigenvalue weighted by Gasteiger charge is 2.57. The summed E-state index contributed by atoms with van der Waals surface area (Å²) in [5.41, 5.74) is 2.46. The molecule has 2 aliphatic carbocycles. The molecule has 0 saturated heterocycles. The Kier molecular flexibility index (Phi) is 3.70. The molecule has 106 valence electrons. The zero-order valence-electron chi connectivity index (χ0n) is 11.6. The molecule has 1 aromatic carbocycles. The molecule has 0 spiro atoms. The molecule has 0 radical (unpaired) electrons. The van der Waals surface area contributed by atoms with Gasteiger partial charge in [-0.1, -0.05) is 36.4 Å². The largest absolute Gasteiger partial charge is 0.372 e. The van der Waals surface area contributed by atoms with E-state index in [1.807, 2.05) is 25.1 Å². The molecule has 2 aliphatic rings. The van der Waals surface area contributed by atoms with E-state index < -0.39 is 4.87 Å². The van der Waals surface area contributed by atoms with Gasteiger partial charge >= 0.3 is 0 Å². The molecule has 0 heterocycles. The normalized spacial score (nSPS) is 32.3. The van der Waals surface area contributed by atoms with Crippen LogP contribution in [0.2, 0.25) is 0 Å². The molecule has 1 aromatic rings. The first kappa shape index (κ1) is 13.8. The van der Waals surface area contributed by atoms with Crippen molar-refractivity contribution in [2.45, 2.75) is 31.2 Å². The smallest absolute Gasteiger partial charge is 0.157 e. The van der Waals surface area contributed by atoms with E-state index >= 15 is 0 Å². The van der Waals surface area contributed by atoms with E-state index in [4.69, 9.17) is 16.3 Å². The van der Waals surface area contributed by atoms with Crippen LogP contribution >= 0.6 is 11.6 Å².